The van der Waals surface area contributed by atoms with Crippen molar-refractivity contribution in [1.82, 2.24) is 5.32 Å². The fourth-order valence-corrected chi connectivity index (χ4v) is 2.55. The first-order valence-corrected chi connectivity index (χ1v) is 7.86. The fraction of sp³-hybridized carbons (Fsp3) is 0.263. The number of halogens is 1. The van der Waals surface area contributed by atoms with E-state index in [2.05, 4.69) is 5.32 Å². The van der Waals surface area contributed by atoms with E-state index in [0.717, 1.165) is 5.56 Å². The van der Waals surface area contributed by atoms with Crippen LogP contribution in [0, 0.1) is 12.7 Å². The maximum Gasteiger partial charge on any atom is 0.305 e. The number of carbonyl (C=O) groups excluding carboxylic acids is 1. The number of hydrogen-bond donors (Lipinski definition) is 2. The maximum absolute atomic E-state index is 13.9. The highest BCUT2D eigenvalue weighted by molar-refractivity contribution is 5.95. The molecule has 2 rings (SSSR count). The van der Waals surface area contributed by atoms with Crippen molar-refractivity contribution in [3.63, 3.8) is 0 Å². The quantitative estimate of drug-likeness (QED) is 0.792. The Morgan fingerprint density at radius 1 is 1.12 bits per heavy atom. The molecule has 1 atom stereocenters. The Morgan fingerprint density at radius 2 is 1.81 bits per heavy atom. The van der Waals surface area contributed by atoms with Gasteiger partial charge in [-0.2, -0.15) is 0 Å². The molecule has 0 saturated carbocycles. The molecule has 26 heavy (non-hydrogen) atoms. The Bertz CT molecular complexity index is 822. The predicted molar refractivity (Wildman–Crippen MR) is 93.1 cm³/mol. The van der Waals surface area contributed by atoms with Gasteiger partial charge in [-0.15, -0.1) is 0 Å². The van der Waals surface area contributed by atoms with E-state index in [4.69, 9.17) is 9.47 Å². The van der Waals surface area contributed by atoms with Crippen LogP contribution in [0.2, 0.25) is 0 Å². The molecular weight excluding hydrogens is 341 g/mol. The molecule has 0 saturated heterocycles. The third kappa shape index (κ3) is 4.50. The standard InChI is InChI=1S/C19H20FNO5/c1-11-4-6-14(20)13(8-11)19(24)21-15(10-18(22)23)12-5-7-16(25-2)17(9-12)26-3/h4-9,15H,10H2,1-3H3,(H,21,24)(H,22,23). The molecule has 1 amide bonds. The van der Waals surface area contributed by atoms with Crippen molar-refractivity contribution in [1.29, 1.82) is 0 Å². The Kier molecular flexibility index (Phi) is 6.16. The monoisotopic (exact) mass is 361 g/mol. The second-order valence-electron chi connectivity index (χ2n) is 5.72. The number of rotatable bonds is 7. The van der Waals surface area contributed by atoms with Gasteiger partial charge in [0.25, 0.3) is 5.91 Å². The molecule has 0 heterocycles. The minimum atomic E-state index is -1.10. The van der Waals surface area contributed by atoms with Gasteiger partial charge in [-0.25, -0.2) is 4.39 Å². The van der Waals surface area contributed by atoms with Gasteiger partial charge in [0.1, 0.15) is 5.82 Å². The summed E-state index contributed by atoms with van der Waals surface area (Å²) in [5, 5.41) is 11.8. The highest BCUT2D eigenvalue weighted by Gasteiger charge is 2.22. The van der Waals surface area contributed by atoms with Crippen LogP contribution in [-0.2, 0) is 4.79 Å². The number of nitrogens with one attached hydrogen (secondary N) is 1. The van der Waals surface area contributed by atoms with Crippen LogP contribution in [0.5, 0.6) is 11.5 Å². The number of amides is 1. The van der Waals surface area contributed by atoms with Gasteiger partial charge in [-0.3, -0.25) is 9.59 Å². The van der Waals surface area contributed by atoms with Crippen LogP contribution in [0.3, 0.4) is 0 Å². The van der Waals surface area contributed by atoms with Gasteiger partial charge < -0.3 is 19.9 Å². The summed E-state index contributed by atoms with van der Waals surface area (Å²) in [6.45, 7) is 1.74. The van der Waals surface area contributed by atoms with Crippen molar-refractivity contribution in [3.05, 3.63) is 58.9 Å². The van der Waals surface area contributed by atoms with Crippen LogP contribution in [-0.4, -0.2) is 31.2 Å². The number of aryl methyl sites for hydroxylation is 1. The van der Waals surface area contributed by atoms with Crippen LogP contribution in [0.4, 0.5) is 4.39 Å². The van der Waals surface area contributed by atoms with Crippen molar-refractivity contribution in [3.8, 4) is 11.5 Å². The number of hydrogen-bond acceptors (Lipinski definition) is 4. The molecule has 0 aromatic heterocycles. The van der Waals surface area contributed by atoms with E-state index in [9.17, 15) is 19.1 Å². The fourth-order valence-electron chi connectivity index (χ4n) is 2.55. The number of methoxy groups -OCH3 is 2. The number of ether oxygens (including phenoxy) is 2. The van der Waals surface area contributed by atoms with Crippen LogP contribution < -0.4 is 14.8 Å². The third-order valence-electron chi connectivity index (χ3n) is 3.86. The summed E-state index contributed by atoms with van der Waals surface area (Å²) in [6, 6.07) is 8.13. The van der Waals surface area contributed by atoms with E-state index in [0.29, 0.717) is 17.1 Å². The van der Waals surface area contributed by atoms with Crippen molar-refractivity contribution in [2.45, 2.75) is 19.4 Å². The van der Waals surface area contributed by atoms with Crippen molar-refractivity contribution >= 4 is 11.9 Å². The zero-order valence-electron chi connectivity index (χ0n) is 14.7. The van der Waals surface area contributed by atoms with Gasteiger partial charge in [0, 0.05) is 0 Å². The summed E-state index contributed by atoms with van der Waals surface area (Å²) in [4.78, 5) is 23.7. The van der Waals surface area contributed by atoms with Crippen LogP contribution in [0.15, 0.2) is 36.4 Å². The lowest BCUT2D eigenvalue weighted by Gasteiger charge is -2.19. The second kappa shape index (κ2) is 8.33. The molecule has 0 fully saturated rings. The minimum Gasteiger partial charge on any atom is -0.493 e. The van der Waals surface area contributed by atoms with E-state index in [1.165, 1.54) is 26.4 Å². The molecule has 2 aromatic rings. The third-order valence-corrected chi connectivity index (χ3v) is 3.86. The SMILES string of the molecule is COc1ccc(C(CC(=O)O)NC(=O)c2cc(C)ccc2F)cc1OC. The van der Waals surface area contributed by atoms with Gasteiger partial charge in [-0.1, -0.05) is 17.7 Å². The maximum atomic E-state index is 13.9. The van der Waals surface area contributed by atoms with Crippen LogP contribution in [0.1, 0.15) is 33.9 Å². The zero-order chi connectivity index (χ0) is 19.3. The molecule has 7 heteroatoms. The van der Waals surface area contributed by atoms with Crippen molar-refractivity contribution < 1.29 is 28.6 Å². The van der Waals surface area contributed by atoms with E-state index >= 15 is 0 Å². The Balaban J connectivity index is 2.34. The van der Waals surface area contributed by atoms with E-state index < -0.39 is 23.7 Å². The normalized spacial score (nSPS) is 11.5. The molecule has 2 N–H and O–H groups in total. The first kappa shape index (κ1) is 19.2. The summed E-state index contributed by atoms with van der Waals surface area (Å²) in [5.74, 6) is -1.59. The average Bonchev–Trinajstić information content (AvgIpc) is 2.62. The molecule has 138 valence electrons. The molecular formula is C19H20FNO5. The van der Waals surface area contributed by atoms with E-state index in [-0.39, 0.29) is 12.0 Å². The number of carboxylic acid groups (broad SMARTS) is 1. The summed E-state index contributed by atoms with van der Waals surface area (Å²) >= 11 is 0. The van der Waals surface area contributed by atoms with Gasteiger partial charge in [0.15, 0.2) is 11.5 Å². The van der Waals surface area contributed by atoms with E-state index in [1.54, 1.807) is 31.2 Å². The Hall–Kier alpha value is -3.09. The van der Waals surface area contributed by atoms with Crippen LogP contribution >= 0.6 is 0 Å². The second-order valence-corrected chi connectivity index (χ2v) is 5.72. The summed E-state index contributed by atoms with van der Waals surface area (Å²) in [6.07, 6.45) is -0.366. The minimum absolute atomic E-state index is 0.138. The first-order valence-electron chi connectivity index (χ1n) is 7.86. The van der Waals surface area contributed by atoms with Crippen molar-refractivity contribution in [2.24, 2.45) is 0 Å². The molecule has 2 aromatic carbocycles. The summed E-state index contributed by atoms with van der Waals surface area (Å²) in [5.41, 5.74) is 1.09. The lowest BCUT2D eigenvalue weighted by Crippen LogP contribution is -2.31. The Labute approximate surface area is 150 Å². The molecule has 0 radical (unpaired) electrons. The van der Waals surface area contributed by atoms with Crippen LogP contribution in [0.25, 0.3) is 0 Å². The first-order chi connectivity index (χ1) is 12.3. The molecule has 0 spiro atoms. The zero-order valence-corrected chi connectivity index (χ0v) is 14.7. The topological polar surface area (TPSA) is 84.9 Å². The molecule has 0 aliphatic heterocycles. The predicted octanol–water partition coefficient (Wildman–Crippen LogP) is 3.10. The molecule has 0 bridgehead atoms. The molecule has 0 aliphatic rings. The largest absolute Gasteiger partial charge is 0.493 e. The van der Waals surface area contributed by atoms with Gasteiger partial charge in [0.05, 0.1) is 32.2 Å². The van der Waals surface area contributed by atoms with Gasteiger partial charge >= 0.3 is 5.97 Å². The molecule has 1 unspecified atom stereocenters. The lowest BCUT2D eigenvalue weighted by atomic mass is 10.0. The number of benzene rings is 2. The number of aliphatic carboxylic acids is 1. The highest BCUT2D eigenvalue weighted by atomic mass is 19.1. The van der Waals surface area contributed by atoms with Crippen molar-refractivity contribution in [2.75, 3.05) is 14.2 Å². The smallest absolute Gasteiger partial charge is 0.305 e. The summed E-state index contributed by atoms with van der Waals surface area (Å²) in [7, 11) is 2.93. The number of carbonyl (C=O) groups is 2. The number of carboxylic acids is 1. The summed E-state index contributed by atoms with van der Waals surface area (Å²) < 4.78 is 24.3. The molecule has 6 nitrogen and oxygen atoms in total. The Morgan fingerprint density at radius 3 is 2.42 bits per heavy atom. The lowest BCUT2D eigenvalue weighted by molar-refractivity contribution is -0.137. The van der Waals surface area contributed by atoms with Gasteiger partial charge in [-0.05, 0) is 36.8 Å². The van der Waals surface area contributed by atoms with Gasteiger partial charge in [0.2, 0.25) is 0 Å². The highest BCUT2D eigenvalue weighted by Crippen LogP contribution is 2.31. The van der Waals surface area contributed by atoms with E-state index in [1.807, 2.05) is 0 Å². The average molecular weight is 361 g/mol. The molecule has 0 aliphatic carbocycles.